The van der Waals surface area contributed by atoms with Crippen molar-refractivity contribution in [3.63, 3.8) is 0 Å². The summed E-state index contributed by atoms with van der Waals surface area (Å²) >= 11 is 0. The Bertz CT molecular complexity index is 1860. The number of ether oxygens (including phenoxy) is 2. The minimum atomic E-state index is -10.7. The molecule has 3 aromatic carbocycles. The SMILES string of the molecule is CC(=O)[O-].CC(=O)[O-].Cc1cc(CN(CCOc2ccccc2)Cc2ccccn2)c([O-])c(CN(CCOc2ccccc2)Cc2ccccn2)c1.F[P-](F)(F)(F)(F)F.[Zn+2].[Zn+2]. The van der Waals surface area contributed by atoms with Gasteiger partial charge in [0.15, 0.2) is 0 Å². The summed E-state index contributed by atoms with van der Waals surface area (Å²) in [6.07, 6.45) is 3.60. The van der Waals surface area contributed by atoms with Crippen LogP contribution in [0.5, 0.6) is 17.2 Å². The molecule has 0 N–H and O–H groups in total. The quantitative estimate of drug-likeness (QED) is 0.0576. The number of hydrogen-bond donors (Lipinski definition) is 0. The van der Waals surface area contributed by atoms with E-state index in [9.17, 15) is 30.3 Å². The van der Waals surface area contributed by atoms with Crippen molar-refractivity contribution in [1.82, 2.24) is 19.8 Å². The van der Waals surface area contributed by atoms with E-state index in [-0.39, 0.29) is 44.7 Å². The molecule has 322 valence electrons. The van der Waals surface area contributed by atoms with Crippen molar-refractivity contribution in [1.29, 1.82) is 0 Å². The number of carboxylic acids is 2. The molecule has 0 unspecified atom stereocenters. The molecule has 5 aromatic rings. The summed E-state index contributed by atoms with van der Waals surface area (Å²) in [6, 6.07) is 35.4. The molecule has 0 saturated carbocycles. The van der Waals surface area contributed by atoms with Gasteiger partial charge in [-0.2, -0.15) is 0 Å². The number of nitrogens with zero attached hydrogens (tertiary/aromatic N) is 4. The number of rotatable bonds is 16. The molecule has 61 heavy (non-hydrogen) atoms. The number of hydrogen-bond acceptors (Lipinski definition) is 11. The number of carbonyl (C=O) groups is 2. The molecule has 0 spiro atoms. The predicted octanol–water partition coefficient (Wildman–Crippen LogP) is 6.91. The standard InChI is InChI=1S/C37H40N4O3.2C2H4O2.F6P.2Zn/c1-30-24-31(26-40(28-33-12-8-10-18-38-33)20-22-43-35-14-4-2-5-15-35)37(42)32(25-30)27-41(29-34-13-9-11-19-39-34)21-23-44-36-16-6-3-7-17-36;2*1-2(3)4;1-7(2,3,4,5)6;;/h2-19,24-25,42H,20-23,26-29H2,1H3;2*1H3,(H,3,4);;;/q;;;-1;2*+2/p-3. The Morgan fingerprint density at radius 2 is 0.902 bits per heavy atom. The third-order valence-electron chi connectivity index (χ3n) is 7.24. The topological polar surface area (TPSA) is 154 Å². The number of aromatic nitrogens is 2. The average Bonchev–Trinajstić information content (AvgIpc) is 3.13. The van der Waals surface area contributed by atoms with Gasteiger partial charge in [0, 0.05) is 63.6 Å². The molecule has 2 aromatic heterocycles. The van der Waals surface area contributed by atoms with Crippen LogP contribution in [-0.4, -0.2) is 58.0 Å². The van der Waals surface area contributed by atoms with Gasteiger partial charge in [-0.3, -0.25) is 19.8 Å². The van der Waals surface area contributed by atoms with E-state index >= 15 is 0 Å². The van der Waals surface area contributed by atoms with Crippen LogP contribution in [0, 0.1) is 6.92 Å². The van der Waals surface area contributed by atoms with Gasteiger partial charge in [0.1, 0.15) is 24.7 Å². The van der Waals surface area contributed by atoms with Crippen LogP contribution >= 0.6 is 7.81 Å². The van der Waals surface area contributed by atoms with Gasteiger partial charge in [0.05, 0.1) is 11.4 Å². The fourth-order valence-corrected chi connectivity index (χ4v) is 5.13. The van der Waals surface area contributed by atoms with Crippen LogP contribution in [0.2, 0.25) is 0 Å². The summed E-state index contributed by atoms with van der Waals surface area (Å²) in [4.78, 5) is 31.3. The first kappa shape index (κ1) is 56.5. The van der Waals surface area contributed by atoms with E-state index < -0.39 is 19.7 Å². The molecule has 5 rings (SSSR count). The Morgan fingerprint density at radius 1 is 0.590 bits per heavy atom. The molecule has 0 aliphatic rings. The Morgan fingerprint density at radius 3 is 1.20 bits per heavy atom. The molecule has 0 aliphatic heterocycles. The maximum Gasteiger partial charge on any atom is 2.00 e. The van der Waals surface area contributed by atoms with Crippen LogP contribution in [0.25, 0.3) is 0 Å². The van der Waals surface area contributed by atoms with E-state index in [1.54, 1.807) is 12.4 Å². The average molecular weight is 982 g/mol. The van der Waals surface area contributed by atoms with Crippen LogP contribution in [0.3, 0.4) is 0 Å². The summed E-state index contributed by atoms with van der Waals surface area (Å²) in [5, 5.41) is 31.7. The number of halogens is 6. The number of aryl methyl sites for hydroxylation is 1. The van der Waals surface area contributed by atoms with E-state index in [1.807, 2.05) is 109 Å². The monoisotopic (exact) mass is 978 g/mol. The maximum absolute atomic E-state index is 13.9. The van der Waals surface area contributed by atoms with Gasteiger partial charge in [-0.15, -0.1) is 0 Å². The second kappa shape index (κ2) is 26.7. The van der Waals surface area contributed by atoms with Crippen molar-refractivity contribution in [2.45, 2.75) is 47.0 Å². The molecule has 2 heterocycles. The molecule has 0 atom stereocenters. The van der Waals surface area contributed by atoms with Gasteiger partial charge in [0.25, 0.3) is 0 Å². The van der Waals surface area contributed by atoms with Crippen molar-refractivity contribution >= 4 is 19.7 Å². The van der Waals surface area contributed by atoms with Crippen LogP contribution < -0.4 is 24.8 Å². The zero-order valence-corrected chi connectivity index (χ0v) is 40.8. The van der Waals surface area contributed by atoms with Crippen LogP contribution in [0.1, 0.15) is 41.9 Å². The Labute approximate surface area is 376 Å². The van der Waals surface area contributed by atoms with Gasteiger partial charge in [0.2, 0.25) is 0 Å². The second-order valence-corrected chi connectivity index (χ2v) is 14.7. The zero-order valence-electron chi connectivity index (χ0n) is 34.0. The molecule has 0 aliphatic carbocycles. The minimum absolute atomic E-state index is 0. The van der Waals surface area contributed by atoms with Gasteiger partial charge < -0.3 is 34.4 Å². The molecule has 0 radical (unpaired) electrons. The van der Waals surface area contributed by atoms with Crippen LogP contribution in [-0.2, 0) is 74.7 Å². The van der Waals surface area contributed by atoms with Crippen molar-refractivity contribution < 1.29 is 98.5 Å². The van der Waals surface area contributed by atoms with E-state index in [0.717, 1.165) is 53.4 Å². The molecular weight excluding hydrogens is 936 g/mol. The molecule has 0 amide bonds. The molecule has 11 nitrogen and oxygen atoms in total. The smallest absolute Gasteiger partial charge is 2.00 e. The van der Waals surface area contributed by atoms with Crippen LogP contribution in [0.15, 0.2) is 122 Å². The van der Waals surface area contributed by atoms with Gasteiger partial charge in [-0.05, 0) is 80.4 Å². The van der Waals surface area contributed by atoms with Crippen molar-refractivity contribution in [2.24, 2.45) is 0 Å². The minimum Gasteiger partial charge on any atom is 2.00 e. The fraction of sp³-hybridized carbons (Fsp3) is 0.268. The first-order valence-electron chi connectivity index (χ1n) is 17.8. The Kier molecular flexibility index (Phi) is 24.8. The summed E-state index contributed by atoms with van der Waals surface area (Å²) < 4.78 is 71.2. The first-order valence-corrected chi connectivity index (χ1v) is 19.9. The Hall–Kier alpha value is -4.52. The normalized spacial score (nSPS) is 11.5. The molecule has 20 heteroatoms. The number of carbonyl (C=O) groups excluding carboxylic acids is 2. The number of pyridine rings is 2. The molecule has 0 saturated heterocycles. The summed E-state index contributed by atoms with van der Waals surface area (Å²) in [5.41, 5.74) is 4.51. The first-order chi connectivity index (χ1) is 27.5. The molecular formula is C41H45F6N4O7PZn2. The van der Waals surface area contributed by atoms with E-state index in [0.29, 0.717) is 52.5 Å². The summed E-state index contributed by atoms with van der Waals surface area (Å²) in [7, 11) is -10.7. The van der Waals surface area contributed by atoms with E-state index in [1.165, 1.54) is 0 Å². The third-order valence-corrected chi connectivity index (χ3v) is 7.24. The van der Waals surface area contributed by atoms with E-state index in [4.69, 9.17) is 29.3 Å². The Balaban J connectivity index is 0.00000182. The third kappa shape index (κ3) is 31.1. The van der Waals surface area contributed by atoms with E-state index in [2.05, 4.69) is 26.7 Å². The largest absolute Gasteiger partial charge is 2.00 e. The predicted molar refractivity (Wildman–Crippen MR) is 206 cm³/mol. The number of carboxylic acid groups (broad SMARTS) is 2. The fourth-order valence-electron chi connectivity index (χ4n) is 5.13. The van der Waals surface area contributed by atoms with Gasteiger partial charge in [-0.25, -0.2) is 0 Å². The zero-order chi connectivity index (χ0) is 44.0. The summed E-state index contributed by atoms with van der Waals surface area (Å²) in [5.74, 6) is -0.436. The molecule has 0 fully saturated rings. The van der Waals surface area contributed by atoms with Crippen molar-refractivity contribution in [3.8, 4) is 17.2 Å². The van der Waals surface area contributed by atoms with Crippen molar-refractivity contribution in [3.05, 3.63) is 150 Å². The van der Waals surface area contributed by atoms with Gasteiger partial charge >= 0.3 is 71.9 Å². The summed E-state index contributed by atoms with van der Waals surface area (Å²) in [6.45, 7) is 8.53. The van der Waals surface area contributed by atoms with Crippen molar-refractivity contribution in [2.75, 3.05) is 26.3 Å². The van der Waals surface area contributed by atoms with Crippen LogP contribution in [0.4, 0.5) is 25.2 Å². The number of aliphatic carboxylic acids is 2. The van der Waals surface area contributed by atoms with Gasteiger partial charge in [-0.1, -0.05) is 72.0 Å². The maximum atomic E-state index is 13.9. The number of para-hydroxylation sites is 2. The number of benzene rings is 3. The molecule has 0 bridgehead atoms. The second-order valence-electron chi connectivity index (χ2n) is 12.7.